The maximum Gasteiger partial charge on any atom is 0.0218 e. The molecule has 0 radical (unpaired) electrons. The van der Waals surface area contributed by atoms with Crippen molar-refractivity contribution >= 4 is 0 Å². The van der Waals surface area contributed by atoms with E-state index in [-0.39, 0.29) is 0 Å². The summed E-state index contributed by atoms with van der Waals surface area (Å²) in [4.78, 5) is 4.84. The summed E-state index contributed by atoms with van der Waals surface area (Å²) in [5.74, 6) is 0. The lowest BCUT2D eigenvalue weighted by Gasteiger charge is -2.41. The van der Waals surface area contributed by atoms with Crippen LogP contribution >= 0.6 is 0 Å². The van der Waals surface area contributed by atoms with Crippen LogP contribution in [0.2, 0.25) is 0 Å². The molecule has 1 aliphatic heterocycles. The molecular formula is C8H18N2. The van der Waals surface area contributed by atoms with Gasteiger partial charge in [-0.1, -0.05) is 0 Å². The number of hydrogen-bond donors (Lipinski definition) is 0. The number of nitrogens with zero attached hydrogens (tertiary/aromatic N) is 2. The van der Waals surface area contributed by atoms with Crippen LogP contribution in [0.15, 0.2) is 0 Å². The Morgan fingerprint density at radius 3 is 1.50 bits per heavy atom. The van der Waals surface area contributed by atoms with E-state index in [4.69, 9.17) is 0 Å². The van der Waals surface area contributed by atoms with Gasteiger partial charge in [-0.05, 0) is 27.9 Å². The molecule has 1 aliphatic rings. The second-order valence-electron chi connectivity index (χ2n) is 3.44. The number of hydrogen-bond acceptors (Lipinski definition) is 2. The Morgan fingerprint density at radius 1 is 0.900 bits per heavy atom. The van der Waals surface area contributed by atoms with Gasteiger partial charge in [0.15, 0.2) is 0 Å². The van der Waals surface area contributed by atoms with Crippen molar-refractivity contribution in [1.29, 1.82) is 0 Å². The van der Waals surface area contributed by atoms with Gasteiger partial charge in [0, 0.05) is 25.2 Å². The normalized spacial score (nSPS) is 38.4. The molecule has 0 spiro atoms. The highest BCUT2D eigenvalue weighted by molar-refractivity contribution is 4.82. The molecular weight excluding hydrogens is 124 g/mol. The predicted octanol–water partition coefficient (Wildman–Crippen LogP) is 0.641. The molecule has 0 aromatic carbocycles. The fraction of sp³-hybridized carbons (Fsp3) is 1.00. The first-order chi connectivity index (χ1) is 4.63. The topological polar surface area (TPSA) is 6.48 Å². The fourth-order valence-electron chi connectivity index (χ4n) is 1.46. The van der Waals surface area contributed by atoms with E-state index >= 15 is 0 Å². The lowest BCUT2D eigenvalue weighted by molar-refractivity contribution is 0.0722. The first-order valence-corrected chi connectivity index (χ1v) is 4.03. The Labute approximate surface area is 63.8 Å². The zero-order chi connectivity index (χ0) is 7.72. The molecule has 1 saturated heterocycles. The summed E-state index contributed by atoms with van der Waals surface area (Å²) < 4.78 is 0. The van der Waals surface area contributed by atoms with Gasteiger partial charge in [0.2, 0.25) is 0 Å². The molecule has 2 atom stereocenters. The highest BCUT2D eigenvalue weighted by atomic mass is 15.3. The van der Waals surface area contributed by atoms with Crippen LogP contribution in [0.4, 0.5) is 0 Å². The second kappa shape index (κ2) is 2.89. The molecule has 2 nitrogen and oxygen atoms in total. The predicted molar refractivity (Wildman–Crippen MR) is 44.2 cm³/mol. The van der Waals surface area contributed by atoms with Crippen LogP contribution < -0.4 is 0 Å². The SMILES string of the molecule is CC1C(C)N(C)CCN1C. The van der Waals surface area contributed by atoms with E-state index in [9.17, 15) is 0 Å². The van der Waals surface area contributed by atoms with Gasteiger partial charge in [0.1, 0.15) is 0 Å². The van der Waals surface area contributed by atoms with Crippen molar-refractivity contribution in [3.05, 3.63) is 0 Å². The molecule has 10 heavy (non-hydrogen) atoms. The van der Waals surface area contributed by atoms with E-state index in [1.807, 2.05) is 0 Å². The highest BCUT2D eigenvalue weighted by Crippen LogP contribution is 2.12. The van der Waals surface area contributed by atoms with E-state index in [0.29, 0.717) is 12.1 Å². The van der Waals surface area contributed by atoms with Crippen LogP contribution in [-0.4, -0.2) is 49.1 Å². The Kier molecular flexibility index (Phi) is 2.32. The van der Waals surface area contributed by atoms with Gasteiger partial charge in [0.25, 0.3) is 0 Å². The molecule has 2 unspecified atom stereocenters. The zero-order valence-electron chi connectivity index (χ0n) is 7.46. The van der Waals surface area contributed by atoms with Gasteiger partial charge < -0.3 is 9.80 Å². The molecule has 0 bridgehead atoms. The van der Waals surface area contributed by atoms with Crippen LogP contribution in [-0.2, 0) is 0 Å². The second-order valence-corrected chi connectivity index (χ2v) is 3.44. The van der Waals surface area contributed by atoms with Crippen molar-refractivity contribution in [1.82, 2.24) is 9.80 Å². The highest BCUT2D eigenvalue weighted by Gasteiger charge is 2.24. The molecule has 0 saturated carbocycles. The van der Waals surface area contributed by atoms with Crippen LogP contribution in [0.5, 0.6) is 0 Å². The lowest BCUT2D eigenvalue weighted by Crippen LogP contribution is -2.54. The van der Waals surface area contributed by atoms with Gasteiger partial charge in [0.05, 0.1) is 0 Å². The van der Waals surface area contributed by atoms with E-state index in [2.05, 4.69) is 37.7 Å². The number of likely N-dealkylation sites (N-methyl/N-ethyl adjacent to an activating group) is 2. The number of piperazine rings is 1. The summed E-state index contributed by atoms with van der Waals surface area (Å²) in [5, 5.41) is 0. The molecule has 60 valence electrons. The van der Waals surface area contributed by atoms with E-state index in [1.54, 1.807) is 0 Å². The molecule has 0 aliphatic carbocycles. The lowest BCUT2D eigenvalue weighted by atomic mass is 10.1. The Balaban J connectivity index is 2.52. The van der Waals surface area contributed by atoms with Gasteiger partial charge in [-0.15, -0.1) is 0 Å². The van der Waals surface area contributed by atoms with Crippen molar-refractivity contribution in [3.63, 3.8) is 0 Å². The molecule has 1 rings (SSSR count). The van der Waals surface area contributed by atoms with Crippen molar-refractivity contribution < 1.29 is 0 Å². The average molecular weight is 142 g/mol. The van der Waals surface area contributed by atoms with Crippen molar-refractivity contribution in [3.8, 4) is 0 Å². The first-order valence-electron chi connectivity index (χ1n) is 4.03. The zero-order valence-corrected chi connectivity index (χ0v) is 7.46. The van der Waals surface area contributed by atoms with Gasteiger partial charge >= 0.3 is 0 Å². The average Bonchev–Trinajstić information content (AvgIpc) is 1.93. The first kappa shape index (κ1) is 8.02. The molecule has 0 amide bonds. The molecule has 0 aromatic rings. The van der Waals surface area contributed by atoms with Crippen LogP contribution in [0.3, 0.4) is 0 Å². The minimum Gasteiger partial charge on any atom is -0.301 e. The molecule has 0 N–H and O–H groups in total. The third-order valence-corrected chi connectivity index (χ3v) is 2.89. The quantitative estimate of drug-likeness (QED) is 0.490. The third kappa shape index (κ3) is 1.32. The number of rotatable bonds is 0. The van der Waals surface area contributed by atoms with Crippen molar-refractivity contribution in [2.75, 3.05) is 27.2 Å². The standard InChI is InChI=1S/C8H18N2/c1-7-8(2)10(4)6-5-9(7)3/h7-8H,5-6H2,1-4H3. The van der Waals surface area contributed by atoms with Crippen LogP contribution in [0.1, 0.15) is 13.8 Å². The van der Waals surface area contributed by atoms with Gasteiger partial charge in [-0.25, -0.2) is 0 Å². The molecule has 0 aromatic heterocycles. The maximum atomic E-state index is 2.42. The summed E-state index contributed by atoms with van der Waals surface area (Å²) in [6.07, 6.45) is 0. The summed E-state index contributed by atoms with van der Waals surface area (Å²) in [6, 6.07) is 1.41. The van der Waals surface area contributed by atoms with Gasteiger partial charge in [-0.3, -0.25) is 0 Å². The minimum absolute atomic E-state index is 0.707. The van der Waals surface area contributed by atoms with E-state index in [1.165, 1.54) is 13.1 Å². The summed E-state index contributed by atoms with van der Waals surface area (Å²) in [7, 11) is 4.41. The smallest absolute Gasteiger partial charge is 0.0218 e. The third-order valence-electron chi connectivity index (χ3n) is 2.89. The van der Waals surface area contributed by atoms with Gasteiger partial charge in [-0.2, -0.15) is 0 Å². The fourth-order valence-corrected chi connectivity index (χ4v) is 1.46. The largest absolute Gasteiger partial charge is 0.301 e. The van der Waals surface area contributed by atoms with Crippen molar-refractivity contribution in [2.24, 2.45) is 0 Å². The van der Waals surface area contributed by atoms with Crippen molar-refractivity contribution in [2.45, 2.75) is 25.9 Å². The Bertz CT molecular complexity index is 99.8. The van der Waals surface area contributed by atoms with Crippen LogP contribution in [0.25, 0.3) is 0 Å². The molecule has 1 heterocycles. The molecule has 2 heteroatoms. The minimum atomic E-state index is 0.707. The Hall–Kier alpha value is -0.0800. The Morgan fingerprint density at radius 2 is 1.20 bits per heavy atom. The van der Waals surface area contributed by atoms with E-state index < -0.39 is 0 Å². The maximum absolute atomic E-state index is 2.42. The summed E-state index contributed by atoms with van der Waals surface area (Å²) in [6.45, 7) is 7.00. The molecule has 1 fully saturated rings. The van der Waals surface area contributed by atoms with Crippen LogP contribution in [0, 0.1) is 0 Å². The van der Waals surface area contributed by atoms with E-state index in [0.717, 1.165) is 0 Å². The summed E-state index contributed by atoms with van der Waals surface area (Å²) >= 11 is 0. The summed E-state index contributed by atoms with van der Waals surface area (Å²) in [5.41, 5.74) is 0. The monoisotopic (exact) mass is 142 g/mol.